The van der Waals surface area contributed by atoms with E-state index in [1.165, 1.54) is 6.07 Å². The average molecular weight is 386 g/mol. The number of alkyl halides is 3. The van der Waals surface area contributed by atoms with Crippen molar-refractivity contribution in [2.45, 2.75) is 6.18 Å². The third kappa shape index (κ3) is 3.88. The zero-order chi connectivity index (χ0) is 19.6. The maximum Gasteiger partial charge on any atom is 0.417 e. The first-order valence-electron chi connectivity index (χ1n) is 8.77. The van der Waals surface area contributed by atoms with Crippen molar-refractivity contribution in [3.63, 3.8) is 0 Å². The molecule has 28 heavy (non-hydrogen) atoms. The molecule has 4 rings (SSSR count). The van der Waals surface area contributed by atoms with Crippen LogP contribution >= 0.6 is 0 Å². The van der Waals surface area contributed by atoms with Gasteiger partial charge in [-0.1, -0.05) is 0 Å². The molecule has 6 nitrogen and oxygen atoms in total. The number of piperazine rings is 1. The highest BCUT2D eigenvalue weighted by Crippen LogP contribution is 2.29. The number of hydrogen-bond acceptors (Lipinski definition) is 6. The lowest BCUT2D eigenvalue weighted by Crippen LogP contribution is -2.47. The van der Waals surface area contributed by atoms with Crippen LogP contribution in [0.5, 0.6) is 0 Å². The molecule has 1 aliphatic heterocycles. The quantitative estimate of drug-likeness (QED) is 0.689. The molecule has 0 aliphatic carbocycles. The second-order valence-electron chi connectivity index (χ2n) is 6.36. The summed E-state index contributed by atoms with van der Waals surface area (Å²) in [6.45, 7) is 2.55. The van der Waals surface area contributed by atoms with E-state index in [2.05, 4.69) is 24.8 Å². The maximum absolute atomic E-state index is 12.7. The van der Waals surface area contributed by atoms with Crippen molar-refractivity contribution in [2.24, 2.45) is 0 Å². The summed E-state index contributed by atoms with van der Waals surface area (Å²) in [4.78, 5) is 21.1. The first-order chi connectivity index (χ1) is 13.5. The zero-order valence-corrected chi connectivity index (χ0v) is 14.8. The third-order valence-electron chi connectivity index (χ3n) is 4.56. The van der Waals surface area contributed by atoms with Crippen molar-refractivity contribution in [3.8, 4) is 11.3 Å². The van der Waals surface area contributed by atoms with Gasteiger partial charge in [0.15, 0.2) is 0 Å². The van der Waals surface area contributed by atoms with Gasteiger partial charge in [-0.05, 0) is 30.3 Å². The lowest BCUT2D eigenvalue weighted by molar-refractivity contribution is -0.137. The molecule has 0 unspecified atom stereocenters. The van der Waals surface area contributed by atoms with Gasteiger partial charge < -0.3 is 9.80 Å². The van der Waals surface area contributed by atoms with Crippen molar-refractivity contribution in [3.05, 3.63) is 60.7 Å². The number of rotatable bonds is 3. The molecule has 9 heteroatoms. The van der Waals surface area contributed by atoms with E-state index in [1.54, 1.807) is 18.6 Å². The molecule has 1 fully saturated rings. The number of aromatic nitrogens is 4. The summed E-state index contributed by atoms with van der Waals surface area (Å²) in [5.41, 5.74) is 0.971. The van der Waals surface area contributed by atoms with E-state index < -0.39 is 11.7 Å². The lowest BCUT2D eigenvalue weighted by atomic mass is 10.2. The Morgan fingerprint density at radius 1 is 0.821 bits per heavy atom. The SMILES string of the molecule is FC(F)(F)c1ccc(N2CCN(c3nccc(-c4cccnc4)n3)CC2)nc1. The van der Waals surface area contributed by atoms with E-state index in [9.17, 15) is 13.2 Å². The molecule has 0 amide bonds. The van der Waals surface area contributed by atoms with Crippen LogP contribution in [0.4, 0.5) is 24.9 Å². The highest BCUT2D eigenvalue weighted by molar-refractivity contribution is 5.59. The second-order valence-corrected chi connectivity index (χ2v) is 6.36. The standard InChI is InChI=1S/C19H17F3N6/c20-19(21,22)15-3-4-17(25-13-15)27-8-10-28(11-9-27)18-24-7-5-16(26-18)14-2-1-6-23-12-14/h1-7,12-13H,8-11H2. The van der Waals surface area contributed by atoms with Gasteiger partial charge in [-0.25, -0.2) is 15.0 Å². The van der Waals surface area contributed by atoms with Crippen LogP contribution in [0.3, 0.4) is 0 Å². The molecule has 4 heterocycles. The predicted molar refractivity (Wildman–Crippen MR) is 98.9 cm³/mol. The van der Waals surface area contributed by atoms with Crippen LogP contribution in [0.15, 0.2) is 55.1 Å². The van der Waals surface area contributed by atoms with Crippen molar-refractivity contribution < 1.29 is 13.2 Å². The molecule has 1 saturated heterocycles. The number of hydrogen-bond donors (Lipinski definition) is 0. The van der Waals surface area contributed by atoms with Gasteiger partial charge in [0.2, 0.25) is 5.95 Å². The molecule has 3 aromatic rings. The predicted octanol–water partition coefficient (Wildman–Crippen LogP) is 3.28. The Kier molecular flexibility index (Phi) is 4.81. The highest BCUT2D eigenvalue weighted by Gasteiger charge is 2.31. The molecule has 0 atom stereocenters. The van der Waals surface area contributed by atoms with E-state index in [0.29, 0.717) is 37.9 Å². The third-order valence-corrected chi connectivity index (χ3v) is 4.56. The molecule has 1 aliphatic rings. The van der Waals surface area contributed by atoms with Crippen molar-refractivity contribution in [1.29, 1.82) is 0 Å². The molecule has 0 radical (unpaired) electrons. The summed E-state index contributed by atoms with van der Waals surface area (Å²) in [5.74, 6) is 1.17. The van der Waals surface area contributed by atoms with Gasteiger partial charge >= 0.3 is 6.18 Å². The number of nitrogens with zero attached hydrogens (tertiary/aromatic N) is 6. The Morgan fingerprint density at radius 3 is 2.25 bits per heavy atom. The Morgan fingerprint density at radius 2 is 1.61 bits per heavy atom. The number of anilines is 2. The Bertz CT molecular complexity index is 922. The van der Waals surface area contributed by atoms with Crippen LogP contribution in [0, 0.1) is 0 Å². The van der Waals surface area contributed by atoms with Gasteiger partial charge in [0, 0.05) is 56.5 Å². The largest absolute Gasteiger partial charge is 0.417 e. The van der Waals surface area contributed by atoms with E-state index in [1.807, 2.05) is 23.1 Å². The molecule has 0 saturated carbocycles. The van der Waals surface area contributed by atoms with Crippen molar-refractivity contribution in [2.75, 3.05) is 36.0 Å². The topological polar surface area (TPSA) is 58.0 Å². The van der Waals surface area contributed by atoms with Gasteiger partial charge in [-0.3, -0.25) is 4.98 Å². The lowest BCUT2D eigenvalue weighted by Gasteiger charge is -2.35. The maximum atomic E-state index is 12.7. The highest BCUT2D eigenvalue weighted by atomic mass is 19.4. The Labute approximate surface area is 159 Å². The monoisotopic (exact) mass is 386 g/mol. The van der Waals surface area contributed by atoms with Gasteiger partial charge in [-0.2, -0.15) is 13.2 Å². The zero-order valence-electron chi connectivity index (χ0n) is 14.8. The molecule has 0 spiro atoms. The van der Waals surface area contributed by atoms with Crippen LogP contribution in [0.25, 0.3) is 11.3 Å². The normalized spacial score (nSPS) is 15.0. The fourth-order valence-corrected chi connectivity index (χ4v) is 3.05. The molecule has 0 N–H and O–H groups in total. The van der Waals surface area contributed by atoms with Gasteiger partial charge in [-0.15, -0.1) is 0 Å². The molecular weight excluding hydrogens is 369 g/mol. The molecule has 144 valence electrons. The number of pyridine rings is 2. The first-order valence-corrected chi connectivity index (χ1v) is 8.77. The van der Waals surface area contributed by atoms with Crippen LogP contribution in [-0.2, 0) is 6.18 Å². The molecule has 0 aromatic carbocycles. The van der Waals surface area contributed by atoms with E-state index in [-0.39, 0.29) is 0 Å². The minimum atomic E-state index is -4.37. The van der Waals surface area contributed by atoms with Gasteiger partial charge in [0.25, 0.3) is 0 Å². The summed E-state index contributed by atoms with van der Waals surface area (Å²) >= 11 is 0. The van der Waals surface area contributed by atoms with Crippen LogP contribution in [0.2, 0.25) is 0 Å². The van der Waals surface area contributed by atoms with Gasteiger partial charge in [0.1, 0.15) is 5.82 Å². The minimum Gasteiger partial charge on any atom is -0.353 e. The fourth-order valence-electron chi connectivity index (χ4n) is 3.05. The van der Waals surface area contributed by atoms with Crippen LogP contribution in [0.1, 0.15) is 5.56 Å². The van der Waals surface area contributed by atoms with E-state index in [0.717, 1.165) is 23.5 Å². The second kappa shape index (κ2) is 7.41. The molecule has 3 aromatic heterocycles. The van der Waals surface area contributed by atoms with Crippen molar-refractivity contribution >= 4 is 11.8 Å². The summed E-state index contributed by atoms with van der Waals surface area (Å²) in [7, 11) is 0. The summed E-state index contributed by atoms with van der Waals surface area (Å²) < 4.78 is 38.0. The summed E-state index contributed by atoms with van der Waals surface area (Å²) in [6, 6.07) is 8.11. The van der Waals surface area contributed by atoms with E-state index in [4.69, 9.17) is 0 Å². The minimum absolute atomic E-state index is 0.540. The van der Waals surface area contributed by atoms with Gasteiger partial charge in [0.05, 0.1) is 11.3 Å². The molecule has 0 bridgehead atoms. The van der Waals surface area contributed by atoms with Crippen molar-refractivity contribution in [1.82, 2.24) is 19.9 Å². The smallest absolute Gasteiger partial charge is 0.353 e. The summed E-state index contributed by atoms with van der Waals surface area (Å²) in [5, 5.41) is 0. The van der Waals surface area contributed by atoms with E-state index >= 15 is 0 Å². The first kappa shape index (κ1) is 18.1. The number of halogens is 3. The van der Waals surface area contributed by atoms with Crippen LogP contribution < -0.4 is 9.80 Å². The Balaban J connectivity index is 1.43. The van der Waals surface area contributed by atoms with Crippen LogP contribution in [-0.4, -0.2) is 46.1 Å². The average Bonchev–Trinajstić information content (AvgIpc) is 2.74. The summed E-state index contributed by atoms with van der Waals surface area (Å²) in [6.07, 6.45) is 1.68. The molecular formula is C19H17F3N6. The fraction of sp³-hybridized carbons (Fsp3) is 0.263. The Hall–Kier alpha value is -3.23.